The number of nitrogens with one attached hydrogen (secondary N) is 1. The minimum atomic E-state index is -0.125. The van der Waals surface area contributed by atoms with Crippen molar-refractivity contribution >= 4 is 23.1 Å². The molecule has 1 aromatic carbocycles. The van der Waals surface area contributed by atoms with Gasteiger partial charge in [0.15, 0.2) is 0 Å². The lowest BCUT2D eigenvalue weighted by molar-refractivity contribution is -0.120. The fraction of sp³-hybridized carbons (Fsp3) is 0.375. The molecule has 0 bridgehead atoms. The predicted molar refractivity (Wildman–Crippen MR) is 85.5 cm³/mol. The summed E-state index contributed by atoms with van der Waals surface area (Å²) in [4.78, 5) is 19.1. The molecule has 1 saturated heterocycles. The fourth-order valence-electron chi connectivity index (χ4n) is 2.95. The molecule has 0 aliphatic carbocycles. The summed E-state index contributed by atoms with van der Waals surface area (Å²) in [7, 11) is 1.85. The first-order valence-corrected chi connectivity index (χ1v) is 8.19. The van der Waals surface area contributed by atoms with Crippen LogP contribution in [0.1, 0.15) is 30.9 Å². The Balaban J connectivity index is 2.02. The van der Waals surface area contributed by atoms with Gasteiger partial charge < -0.3 is 5.32 Å². The molecule has 1 aliphatic heterocycles. The van der Waals surface area contributed by atoms with E-state index in [1.165, 1.54) is 16.9 Å². The molecule has 1 fully saturated rings. The molecule has 0 radical (unpaired) electrons. The van der Waals surface area contributed by atoms with E-state index in [1.54, 1.807) is 5.51 Å². The Hall–Kier alpha value is -1.72. The molecule has 3 rings (SSSR count). The maximum absolute atomic E-state index is 12.9. The maximum Gasteiger partial charge on any atom is 0.245 e. The molecule has 2 aromatic rings. The second-order valence-corrected chi connectivity index (χ2v) is 5.97. The molecule has 1 amide bonds. The van der Waals surface area contributed by atoms with E-state index in [1.807, 2.05) is 35.5 Å². The van der Waals surface area contributed by atoms with Crippen LogP contribution in [0.4, 0.5) is 5.82 Å². The number of benzene rings is 1. The molecule has 5 heteroatoms. The van der Waals surface area contributed by atoms with Gasteiger partial charge in [-0.05, 0) is 31.9 Å². The van der Waals surface area contributed by atoms with Gasteiger partial charge in [0.25, 0.3) is 0 Å². The lowest BCUT2D eigenvalue weighted by Crippen LogP contribution is -2.45. The Morgan fingerprint density at radius 3 is 2.76 bits per heavy atom. The van der Waals surface area contributed by atoms with Gasteiger partial charge in [-0.1, -0.05) is 30.3 Å². The molecule has 0 saturated carbocycles. The SMILES string of the molecule is CNC1CCCC(c2ccccc2)N(c2cscn2)C1=O. The quantitative estimate of drug-likeness (QED) is 0.948. The number of hydrogen-bond acceptors (Lipinski definition) is 4. The van der Waals surface area contributed by atoms with Crippen LogP contribution in [-0.2, 0) is 4.79 Å². The normalized spacial score (nSPS) is 23.1. The average molecular weight is 301 g/mol. The van der Waals surface area contributed by atoms with Crippen molar-refractivity contribution in [1.29, 1.82) is 0 Å². The van der Waals surface area contributed by atoms with Crippen molar-refractivity contribution in [3.63, 3.8) is 0 Å². The van der Waals surface area contributed by atoms with Crippen LogP contribution in [0, 0.1) is 0 Å². The Morgan fingerprint density at radius 1 is 1.29 bits per heavy atom. The first kappa shape index (κ1) is 14.2. The van der Waals surface area contributed by atoms with Gasteiger partial charge in [0.2, 0.25) is 5.91 Å². The fourth-order valence-corrected chi connectivity index (χ4v) is 3.47. The Labute approximate surface area is 128 Å². The third-order valence-corrected chi connectivity index (χ3v) is 4.59. The van der Waals surface area contributed by atoms with Gasteiger partial charge in [0.05, 0.1) is 17.6 Å². The number of hydrogen-bond donors (Lipinski definition) is 1. The second-order valence-electron chi connectivity index (χ2n) is 5.25. The topological polar surface area (TPSA) is 45.2 Å². The van der Waals surface area contributed by atoms with E-state index >= 15 is 0 Å². The van der Waals surface area contributed by atoms with Crippen molar-refractivity contribution in [2.45, 2.75) is 31.3 Å². The van der Waals surface area contributed by atoms with Crippen LogP contribution in [0.5, 0.6) is 0 Å². The van der Waals surface area contributed by atoms with Gasteiger partial charge in [0, 0.05) is 5.38 Å². The van der Waals surface area contributed by atoms with Crippen molar-refractivity contribution in [2.75, 3.05) is 11.9 Å². The summed E-state index contributed by atoms with van der Waals surface area (Å²) in [5.74, 6) is 0.885. The molecule has 21 heavy (non-hydrogen) atoms. The number of aromatic nitrogens is 1. The highest BCUT2D eigenvalue weighted by molar-refractivity contribution is 7.07. The lowest BCUT2D eigenvalue weighted by Gasteiger charge is -2.30. The molecule has 110 valence electrons. The van der Waals surface area contributed by atoms with Crippen molar-refractivity contribution in [3.05, 3.63) is 46.8 Å². The standard InChI is InChI=1S/C16H19N3OS/c1-17-13-8-5-9-14(12-6-3-2-4-7-12)19(16(13)20)15-10-21-11-18-15/h2-4,6-7,10-11,13-14,17H,5,8-9H2,1H3. The van der Waals surface area contributed by atoms with Crippen LogP contribution >= 0.6 is 11.3 Å². The first-order chi connectivity index (χ1) is 10.3. The van der Waals surface area contributed by atoms with Gasteiger partial charge in [-0.2, -0.15) is 0 Å². The number of likely N-dealkylation sites (N-methyl/N-ethyl adjacent to an activating group) is 1. The largest absolute Gasteiger partial charge is 0.309 e. The number of rotatable bonds is 3. The molecule has 2 atom stereocenters. The van der Waals surface area contributed by atoms with E-state index in [0.29, 0.717) is 0 Å². The lowest BCUT2D eigenvalue weighted by atomic mass is 10.0. The number of carbonyl (C=O) groups excluding carboxylic acids is 1. The van der Waals surface area contributed by atoms with E-state index < -0.39 is 0 Å². The van der Waals surface area contributed by atoms with Gasteiger partial charge in [-0.15, -0.1) is 11.3 Å². The van der Waals surface area contributed by atoms with Crippen molar-refractivity contribution in [2.24, 2.45) is 0 Å². The van der Waals surface area contributed by atoms with Gasteiger partial charge in [-0.3, -0.25) is 9.69 Å². The molecule has 1 N–H and O–H groups in total. The molecular weight excluding hydrogens is 282 g/mol. The summed E-state index contributed by atoms with van der Waals surface area (Å²) in [5.41, 5.74) is 2.96. The summed E-state index contributed by atoms with van der Waals surface area (Å²) in [6.07, 6.45) is 2.86. The van der Waals surface area contributed by atoms with Crippen molar-refractivity contribution in [3.8, 4) is 0 Å². The highest BCUT2D eigenvalue weighted by atomic mass is 32.1. The summed E-state index contributed by atoms with van der Waals surface area (Å²) in [6.45, 7) is 0. The third-order valence-electron chi connectivity index (χ3n) is 4.02. The van der Waals surface area contributed by atoms with Crippen LogP contribution in [0.2, 0.25) is 0 Å². The summed E-state index contributed by atoms with van der Waals surface area (Å²) in [6, 6.07) is 10.2. The van der Waals surface area contributed by atoms with Crippen LogP contribution in [0.25, 0.3) is 0 Å². The molecule has 2 unspecified atom stereocenters. The maximum atomic E-state index is 12.9. The number of amides is 1. The zero-order valence-electron chi connectivity index (χ0n) is 12.0. The Morgan fingerprint density at radius 2 is 2.10 bits per heavy atom. The van der Waals surface area contributed by atoms with Gasteiger partial charge in [0.1, 0.15) is 5.82 Å². The number of carbonyl (C=O) groups is 1. The molecule has 1 aromatic heterocycles. The Bertz CT molecular complexity index is 585. The number of nitrogens with zero attached hydrogens (tertiary/aromatic N) is 2. The summed E-state index contributed by atoms with van der Waals surface area (Å²) < 4.78 is 0. The highest BCUT2D eigenvalue weighted by Crippen LogP contribution is 2.34. The van der Waals surface area contributed by atoms with Crippen LogP contribution in [0.3, 0.4) is 0 Å². The smallest absolute Gasteiger partial charge is 0.245 e. The zero-order chi connectivity index (χ0) is 14.7. The zero-order valence-corrected chi connectivity index (χ0v) is 12.8. The van der Waals surface area contributed by atoms with Crippen LogP contribution < -0.4 is 10.2 Å². The second kappa shape index (κ2) is 6.37. The van der Waals surface area contributed by atoms with Crippen molar-refractivity contribution < 1.29 is 4.79 Å². The van der Waals surface area contributed by atoms with E-state index in [0.717, 1.165) is 25.1 Å². The van der Waals surface area contributed by atoms with Crippen LogP contribution in [-0.4, -0.2) is 24.0 Å². The minimum Gasteiger partial charge on any atom is -0.309 e. The van der Waals surface area contributed by atoms with Crippen molar-refractivity contribution in [1.82, 2.24) is 10.3 Å². The van der Waals surface area contributed by atoms with E-state index in [-0.39, 0.29) is 18.0 Å². The first-order valence-electron chi connectivity index (χ1n) is 7.24. The molecule has 0 spiro atoms. The molecule has 1 aliphatic rings. The van der Waals surface area contributed by atoms with Crippen LogP contribution in [0.15, 0.2) is 41.2 Å². The average Bonchev–Trinajstić information content (AvgIpc) is 2.99. The molecule has 2 heterocycles. The minimum absolute atomic E-state index is 0.0687. The van der Waals surface area contributed by atoms with Gasteiger partial charge in [-0.25, -0.2) is 4.98 Å². The molecular formula is C16H19N3OS. The van der Waals surface area contributed by atoms with E-state index in [4.69, 9.17) is 0 Å². The van der Waals surface area contributed by atoms with E-state index in [2.05, 4.69) is 22.4 Å². The van der Waals surface area contributed by atoms with E-state index in [9.17, 15) is 4.79 Å². The van der Waals surface area contributed by atoms with Gasteiger partial charge >= 0.3 is 0 Å². The Kier molecular flexibility index (Phi) is 4.31. The highest BCUT2D eigenvalue weighted by Gasteiger charge is 2.34. The third kappa shape index (κ3) is 2.84. The number of thiazole rings is 1. The predicted octanol–water partition coefficient (Wildman–Crippen LogP) is 2.99. The molecule has 4 nitrogen and oxygen atoms in total. The monoisotopic (exact) mass is 301 g/mol. The number of anilines is 1. The summed E-state index contributed by atoms with van der Waals surface area (Å²) in [5, 5.41) is 5.09. The summed E-state index contributed by atoms with van der Waals surface area (Å²) >= 11 is 1.52.